The molecule has 2 heterocycles. The number of carboxylic acids is 1. The molecule has 0 radical (unpaired) electrons. The van der Waals surface area contributed by atoms with Crippen molar-refractivity contribution >= 4 is 18.1 Å². The van der Waals surface area contributed by atoms with E-state index in [1.807, 2.05) is 31.5 Å². The Hall–Kier alpha value is -2.50. The zero-order valence-electron chi connectivity index (χ0n) is 11.7. The molecule has 2 aromatic rings. The molecular weight excluding hydrogens is 256 g/mol. The predicted molar refractivity (Wildman–Crippen MR) is 75.3 cm³/mol. The molecule has 0 spiro atoms. The van der Waals surface area contributed by atoms with Crippen LogP contribution in [0.3, 0.4) is 0 Å². The van der Waals surface area contributed by atoms with E-state index in [4.69, 9.17) is 5.11 Å². The van der Waals surface area contributed by atoms with Gasteiger partial charge in [-0.15, -0.1) is 0 Å². The van der Waals surface area contributed by atoms with Crippen LogP contribution in [0.1, 0.15) is 40.1 Å². The van der Waals surface area contributed by atoms with Crippen LogP contribution >= 0.6 is 0 Å². The van der Waals surface area contributed by atoms with Crippen molar-refractivity contribution in [2.24, 2.45) is 0 Å². The van der Waals surface area contributed by atoms with Crippen LogP contribution in [0.5, 0.6) is 0 Å². The highest BCUT2D eigenvalue weighted by atomic mass is 16.4. The molecule has 0 atom stereocenters. The van der Waals surface area contributed by atoms with E-state index in [0.29, 0.717) is 5.69 Å². The Morgan fingerprint density at radius 3 is 2.70 bits per heavy atom. The van der Waals surface area contributed by atoms with Gasteiger partial charge in [0.1, 0.15) is 6.33 Å². The summed E-state index contributed by atoms with van der Waals surface area (Å²) in [6.07, 6.45) is 4.92. The number of aromatic carboxylic acids is 1. The first-order valence-electron chi connectivity index (χ1n) is 6.30. The number of hydrogen-bond donors (Lipinski definition) is 1. The van der Waals surface area contributed by atoms with Crippen molar-refractivity contribution in [1.82, 2.24) is 19.7 Å². The molecule has 6 nitrogen and oxygen atoms in total. The minimum atomic E-state index is -1.06. The molecule has 0 saturated carbocycles. The SMILES string of the molecule is CCn1nc(C)c(/C=C/c2cc(C(=O)O)ncn2)c1C. The lowest BCUT2D eigenvalue weighted by atomic mass is 10.1. The fraction of sp³-hybridized carbons (Fsp3) is 0.286. The Labute approximate surface area is 116 Å². The van der Waals surface area contributed by atoms with E-state index < -0.39 is 5.97 Å². The lowest BCUT2D eigenvalue weighted by Gasteiger charge is -1.99. The minimum absolute atomic E-state index is 0.0163. The van der Waals surface area contributed by atoms with Crippen molar-refractivity contribution in [3.8, 4) is 0 Å². The second-order valence-electron chi connectivity index (χ2n) is 4.37. The Balaban J connectivity index is 2.32. The maximum atomic E-state index is 10.9. The number of aryl methyl sites for hydroxylation is 2. The molecule has 0 aliphatic carbocycles. The summed E-state index contributed by atoms with van der Waals surface area (Å²) < 4.78 is 1.93. The van der Waals surface area contributed by atoms with Gasteiger partial charge in [0.05, 0.1) is 11.4 Å². The third-order valence-corrected chi connectivity index (χ3v) is 3.07. The Kier molecular flexibility index (Phi) is 3.93. The summed E-state index contributed by atoms with van der Waals surface area (Å²) in [7, 11) is 0. The quantitative estimate of drug-likeness (QED) is 0.922. The maximum absolute atomic E-state index is 10.9. The molecule has 0 aliphatic rings. The van der Waals surface area contributed by atoms with Crippen LogP contribution in [-0.2, 0) is 6.54 Å². The van der Waals surface area contributed by atoms with Gasteiger partial charge in [-0.25, -0.2) is 14.8 Å². The molecule has 0 saturated heterocycles. The fourth-order valence-electron chi connectivity index (χ4n) is 2.01. The van der Waals surface area contributed by atoms with E-state index in [0.717, 1.165) is 23.5 Å². The van der Waals surface area contributed by atoms with E-state index in [2.05, 4.69) is 15.1 Å². The molecule has 0 aromatic carbocycles. The van der Waals surface area contributed by atoms with Crippen LogP contribution in [0, 0.1) is 13.8 Å². The van der Waals surface area contributed by atoms with Gasteiger partial charge < -0.3 is 5.11 Å². The molecule has 0 unspecified atom stereocenters. The number of rotatable bonds is 4. The largest absolute Gasteiger partial charge is 0.477 e. The maximum Gasteiger partial charge on any atom is 0.354 e. The van der Waals surface area contributed by atoms with Gasteiger partial charge in [-0.3, -0.25) is 4.68 Å². The zero-order valence-corrected chi connectivity index (χ0v) is 11.7. The Morgan fingerprint density at radius 1 is 1.35 bits per heavy atom. The van der Waals surface area contributed by atoms with E-state index >= 15 is 0 Å². The minimum Gasteiger partial charge on any atom is -0.477 e. The van der Waals surface area contributed by atoms with Crippen molar-refractivity contribution in [3.63, 3.8) is 0 Å². The zero-order chi connectivity index (χ0) is 14.7. The monoisotopic (exact) mass is 272 g/mol. The number of hydrogen-bond acceptors (Lipinski definition) is 4. The molecule has 6 heteroatoms. The van der Waals surface area contributed by atoms with Gasteiger partial charge in [-0.05, 0) is 39.0 Å². The number of carbonyl (C=O) groups is 1. The van der Waals surface area contributed by atoms with Crippen LogP contribution in [0.2, 0.25) is 0 Å². The molecule has 0 fully saturated rings. The number of carboxylic acid groups (broad SMARTS) is 1. The standard InChI is InChI=1S/C14H16N4O2/c1-4-18-10(3)12(9(2)17-18)6-5-11-7-13(14(19)20)16-8-15-11/h5-8H,4H2,1-3H3,(H,19,20)/b6-5+. The van der Waals surface area contributed by atoms with Crippen LogP contribution in [0.25, 0.3) is 12.2 Å². The number of aromatic nitrogens is 4. The Bertz CT molecular complexity index is 674. The van der Waals surface area contributed by atoms with Gasteiger partial charge >= 0.3 is 5.97 Å². The molecule has 104 valence electrons. The molecule has 0 aliphatic heterocycles. The van der Waals surface area contributed by atoms with E-state index in [9.17, 15) is 4.79 Å². The van der Waals surface area contributed by atoms with Crippen molar-refractivity contribution in [1.29, 1.82) is 0 Å². The van der Waals surface area contributed by atoms with Crippen molar-refractivity contribution < 1.29 is 9.90 Å². The Morgan fingerprint density at radius 2 is 2.10 bits per heavy atom. The van der Waals surface area contributed by atoms with Crippen molar-refractivity contribution in [2.45, 2.75) is 27.3 Å². The van der Waals surface area contributed by atoms with E-state index in [-0.39, 0.29) is 5.69 Å². The first-order valence-corrected chi connectivity index (χ1v) is 6.30. The summed E-state index contributed by atoms with van der Waals surface area (Å²) in [5, 5.41) is 13.3. The average molecular weight is 272 g/mol. The molecule has 2 rings (SSSR count). The summed E-state index contributed by atoms with van der Waals surface area (Å²) >= 11 is 0. The van der Waals surface area contributed by atoms with E-state index in [1.165, 1.54) is 12.4 Å². The van der Waals surface area contributed by atoms with Crippen LogP contribution in [-0.4, -0.2) is 30.8 Å². The number of nitrogens with zero attached hydrogens (tertiary/aromatic N) is 4. The molecule has 0 amide bonds. The highest BCUT2D eigenvalue weighted by Crippen LogP contribution is 2.16. The highest BCUT2D eigenvalue weighted by Gasteiger charge is 2.08. The molecule has 2 aromatic heterocycles. The first-order chi connectivity index (χ1) is 9.52. The second-order valence-corrected chi connectivity index (χ2v) is 4.37. The summed E-state index contributed by atoms with van der Waals surface area (Å²) in [6.45, 7) is 6.81. The molecular formula is C14H16N4O2. The van der Waals surface area contributed by atoms with E-state index in [1.54, 1.807) is 6.08 Å². The van der Waals surface area contributed by atoms with Crippen LogP contribution in [0.15, 0.2) is 12.4 Å². The van der Waals surface area contributed by atoms with Gasteiger partial charge in [0.2, 0.25) is 0 Å². The first kappa shape index (κ1) is 13.9. The van der Waals surface area contributed by atoms with Crippen LogP contribution in [0.4, 0.5) is 0 Å². The lowest BCUT2D eigenvalue weighted by Crippen LogP contribution is -2.01. The summed E-state index contributed by atoms with van der Waals surface area (Å²) in [5.41, 5.74) is 3.59. The van der Waals surface area contributed by atoms with Gasteiger partial charge in [0, 0.05) is 17.8 Å². The second kappa shape index (κ2) is 5.64. The normalized spacial score (nSPS) is 11.2. The smallest absolute Gasteiger partial charge is 0.354 e. The van der Waals surface area contributed by atoms with Crippen molar-refractivity contribution in [2.75, 3.05) is 0 Å². The third-order valence-electron chi connectivity index (χ3n) is 3.07. The van der Waals surface area contributed by atoms with Gasteiger partial charge in [-0.2, -0.15) is 5.10 Å². The topological polar surface area (TPSA) is 80.9 Å². The van der Waals surface area contributed by atoms with Crippen LogP contribution < -0.4 is 0 Å². The summed E-state index contributed by atoms with van der Waals surface area (Å²) in [4.78, 5) is 18.6. The summed E-state index contributed by atoms with van der Waals surface area (Å²) in [6, 6.07) is 1.44. The molecule has 20 heavy (non-hydrogen) atoms. The third kappa shape index (κ3) is 2.74. The predicted octanol–water partition coefficient (Wildman–Crippen LogP) is 2.18. The van der Waals surface area contributed by atoms with Gasteiger partial charge in [0.25, 0.3) is 0 Å². The van der Waals surface area contributed by atoms with Gasteiger partial charge in [-0.1, -0.05) is 0 Å². The fourth-order valence-corrected chi connectivity index (χ4v) is 2.01. The molecule has 1 N–H and O–H groups in total. The average Bonchev–Trinajstić information content (AvgIpc) is 2.71. The summed E-state index contributed by atoms with van der Waals surface area (Å²) in [5.74, 6) is -1.06. The van der Waals surface area contributed by atoms with Crippen molar-refractivity contribution in [3.05, 3.63) is 40.7 Å². The highest BCUT2D eigenvalue weighted by molar-refractivity contribution is 5.86. The molecule has 0 bridgehead atoms. The lowest BCUT2D eigenvalue weighted by molar-refractivity contribution is 0.0690. The van der Waals surface area contributed by atoms with Gasteiger partial charge in [0.15, 0.2) is 5.69 Å².